The maximum Gasteiger partial charge on any atom is 0.407 e. The summed E-state index contributed by atoms with van der Waals surface area (Å²) in [4.78, 5) is 62.1. The molecule has 0 saturated carbocycles. The summed E-state index contributed by atoms with van der Waals surface area (Å²) < 4.78 is 69.5. The number of hydrogen-bond acceptors (Lipinski definition) is 17. The van der Waals surface area contributed by atoms with Gasteiger partial charge in [0.25, 0.3) is 5.79 Å². The standard InChI is InChI=1S/C29H41NO17/c1-12(31)37-10-16(39-13(2)32)19(40-14(3)33)21-18-15(42-26(35)30-18)9-29(46-21,25(34)36-8)38-11-17-20-22(44-27(4,5)43-20)23-24(41-17)47-28(6,7)45-23/h15-24H,9-11H2,1-8H3,(H,30,35)/t15-,16+,17+,18+,19+,20-,21+,22-,23+,24-,29+/m0/s1. The van der Waals surface area contributed by atoms with Crippen molar-refractivity contribution in [3.8, 4) is 0 Å². The van der Waals surface area contributed by atoms with Crippen molar-refractivity contribution in [2.24, 2.45) is 0 Å². The first-order valence-electron chi connectivity index (χ1n) is 15.1. The second-order valence-electron chi connectivity index (χ2n) is 12.7. The van der Waals surface area contributed by atoms with Crippen molar-refractivity contribution in [3.63, 3.8) is 0 Å². The Hall–Kier alpha value is -3.13. The molecule has 18 nitrogen and oxygen atoms in total. The predicted octanol–water partition coefficient (Wildman–Crippen LogP) is -0.0388. The van der Waals surface area contributed by atoms with Crippen molar-refractivity contribution in [3.05, 3.63) is 0 Å². The van der Waals surface area contributed by atoms with Crippen LogP contribution in [0.4, 0.5) is 4.79 Å². The van der Waals surface area contributed by atoms with Crippen LogP contribution >= 0.6 is 0 Å². The van der Waals surface area contributed by atoms with Crippen molar-refractivity contribution in [2.45, 2.75) is 133 Å². The fraction of sp³-hybridized carbons (Fsp3) is 0.828. The third-order valence-corrected chi connectivity index (χ3v) is 8.08. The number of rotatable bonds is 10. The van der Waals surface area contributed by atoms with E-state index < -0.39 is 115 Å². The van der Waals surface area contributed by atoms with E-state index in [1.807, 2.05) is 0 Å². The van der Waals surface area contributed by atoms with E-state index in [4.69, 9.17) is 56.8 Å². The van der Waals surface area contributed by atoms with Gasteiger partial charge in [-0.1, -0.05) is 0 Å². The molecular weight excluding hydrogens is 634 g/mol. The smallest absolute Gasteiger partial charge is 0.407 e. The molecule has 0 radical (unpaired) electrons. The highest BCUT2D eigenvalue weighted by molar-refractivity contribution is 5.79. The van der Waals surface area contributed by atoms with Crippen LogP contribution in [0.3, 0.4) is 0 Å². The molecule has 5 fully saturated rings. The zero-order valence-corrected chi connectivity index (χ0v) is 27.3. The third-order valence-electron chi connectivity index (χ3n) is 8.08. The molecule has 5 saturated heterocycles. The molecule has 18 heteroatoms. The van der Waals surface area contributed by atoms with Crippen LogP contribution in [-0.4, -0.2) is 129 Å². The molecule has 0 aromatic carbocycles. The topological polar surface area (TPSA) is 208 Å². The lowest BCUT2D eigenvalue weighted by molar-refractivity contribution is -0.323. The van der Waals surface area contributed by atoms with Crippen LogP contribution in [0.2, 0.25) is 0 Å². The second-order valence-corrected chi connectivity index (χ2v) is 12.7. The van der Waals surface area contributed by atoms with Gasteiger partial charge in [-0.15, -0.1) is 0 Å². The Morgan fingerprint density at radius 3 is 2.15 bits per heavy atom. The van der Waals surface area contributed by atoms with Gasteiger partial charge in [-0.05, 0) is 27.7 Å². The van der Waals surface area contributed by atoms with Gasteiger partial charge in [0.2, 0.25) is 0 Å². The molecule has 0 aliphatic carbocycles. The lowest BCUT2D eigenvalue weighted by Crippen LogP contribution is -2.67. The number of carbonyl (C=O) groups excluding carboxylic acids is 5. The van der Waals surface area contributed by atoms with Gasteiger partial charge in [-0.2, -0.15) is 0 Å². The molecule has 0 unspecified atom stereocenters. The number of alkyl carbamates (subject to hydrolysis) is 1. The molecule has 264 valence electrons. The quantitative estimate of drug-likeness (QED) is 0.238. The van der Waals surface area contributed by atoms with Gasteiger partial charge in [-0.3, -0.25) is 14.4 Å². The lowest BCUT2D eigenvalue weighted by atomic mass is 9.89. The van der Waals surface area contributed by atoms with Crippen LogP contribution in [0.25, 0.3) is 0 Å². The van der Waals surface area contributed by atoms with Gasteiger partial charge < -0.3 is 62.2 Å². The number of methoxy groups -OCH3 is 1. The molecule has 0 aromatic rings. The van der Waals surface area contributed by atoms with Gasteiger partial charge in [0, 0.05) is 20.8 Å². The van der Waals surface area contributed by atoms with Crippen LogP contribution in [0.5, 0.6) is 0 Å². The highest BCUT2D eigenvalue weighted by Crippen LogP contribution is 2.45. The summed E-state index contributed by atoms with van der Waals surface area (Å²) in [6, 6.07) is -1.04. The second kappa shape index (κ2) is 13.1. The van der Waals surface area contributed by atoms with Gasteiger partial charge in [0.1, 0.15) is 43.2 Å². The molecule has 0 aromatic heterocycles. The number of nitrogens with one attached hydrogen (secondary N) is 1. The molecule has 0 bridgehead atoms. The maximum absolute atomic E-state index is 13.5. The fourth-order valence-electron chi connectivity index (χ4n) is 6.45. The van der Waals surface area contributed by atoms with Crippen LogP contribution in [0.15, 0.2) is 0 Å². The van der Waals surface area contributed by atoms with E-state index in [0.29, 0.717) is 0 Å². The summed E-state index contributed by atoms with van der Waals surface area (Å²) in [5.41, 5.74) is 0. The van der Waals surface area contributed by atoms with E-state index in [1.165, 1.54) is 0 Å². The molecule has 5 aliphatic rings. The Morgan fingerprint density at radius 2 is 1.51 bits per heavy atom. The van der Waals surface area contributed by atoms with Gasteiger partial charge in [0.15, 0.2) is 30.1 Å². The largest absolute Gasteiger partial charge is 0.465 e. The Kier molecular flexibility index (Phi) is 9.77. The normalized spacial score (nSPS) is 37.6. The first-order valence-corrected chi connectivity index (χ1v) is 15.1. The highest BCUT2D eigenvalue weighted by atomic mass is 16.9. The van der Waals surface area contributed by atoms with Gasteiger partial charge >= 0.3 is 30.0 Å². The van der Waals surface area contributed by atoms with E-state index in [-0.39, 0.29) is 13.0 Å². The first-order chi connectivity index (χ1) is 21.9. The summed E-state index contributed by atoms with van der Waals surface area (Å²) in [5, 5.41) is 2.58. The average Bonchev–Trinajstić information content (AvgIpc) is 3.60. The average molecular weight is 676 g/mol. The minimum Gasteiger partial charge on any atom is -0.465 e. The van der Waals surface area contributed by atoms with E-state index in [9.17, 15) is 24.0 Å². The molecule has 11 atom stereocenters. The summed E-state index contributed by atoms with van der Waals surface area (Å²) >= 11 is 0. The molecule has 5 heterocycles. The molecule has 1 N–H and O–H groups in total. The minimum absolute atomic E-state index is 0.354. The summed E-state index contributed by atoms with van der Waals surface area (Å²) in [6.07, 6.45) is -10.5. The molecule has 47 heavy (non-hydrogen) atoms. The Morgan fingerprint density at radius 1 is 0.872 bits per heavy atom. The van der Waals surface area contributed by atoms with Crippen molar-refractivity contribution in [1.29, 1.82) is 0 Å². The Bertz CT molecular complexity index is 1250. The van der Waals surface area contributed by atoms with Crippen molar-refractivity contribution >= 4 is 30.0 Å². The third kappa shape index (κ3) is 7.48. The SMILES string of the molecule is COC(=O)[C@@]1(OC[C@H]2O[C@H]3OC(C)(C)O[C@@H]3[C@H]3OC(C)(C)O[C@H]32)C[C@@H]2OC(=O)N[C@H]2[C@H]([C@H](OC(C)=O)[C@@H](COC(C)=O)OC(C)=O)O1. The summed E-state index contributed by atoms with van der Waals surface area (Å²) in [7, 11) is 1.10. The number of amides is 1. The van der Waals surface area contributed by atoms with Crippen LogP contribution in [0, 0.1) is 0 Å². The zero-order chi connectivity index (χ0) is 34.5. The highest BCUT2D eigenvalue weighted by Gasteiger charge is 2.64. The number of ether oxygens (including phenoxy) is 12. The van der Waals surface area contributed by atoms with Crippen molar-refractivity contribution < 1.29 is 80.8 Å². The molecule has 5 rings (SSSR count). The van der Waals surface area contributed by atoms with Gasteiger partial charge in [-0.25, -0.2) is 9.59 Å². The lowest BCUT2D eigenvalue weighted by Gasteiger charge is -2.46. The summed E-state index contributed by atoms with van der Waals surface area (Å²) in [5.74, 6) is -7.67. The van der Waals surface area contributed by atoms with Crippen molar-refractivity contribution in [1.82, 2.24) is 5.32 Å². The van der Waals surface area contributed by atoms with E-state index in [2.05, 4.69) is 5.32 Å². The molecule has 1 amide bonds. The number of fused-ring (bicyclic) bond motifs is 4. The summed E-state index contributed by atoms with van der Waals surface area (Å²) in [6.45, 7) is 9.33. The van der Waals surface area contributed by atoms with E-state index >= 15 is 0 Å². The molecule has 0 spiro atoms. The van der Waals surface area contributed by atoms with E-state index in [0.717, 1.165) is 27.9 Å². The van der Waals surface area contributed by atoms with Crippen molar-refractivity contribution in [2.75, 3.05) is 20.3 Å². The van der Waals surface area contributed by atoms with Crippen LogP contribution < -0.4 is 5.32 Å². The monoisotopic (exact) mass is 675 g/mol. The number of esters is 4. The zero-order valence-electron chi connectivity index (χ0n) is 27.3. The van der Waals surface area contributed by atoms with E-state index in [1.54, 1.807) is 27.7 Å². The van der Waals surface area contributed by atoms with Crippen LogP contribution in [-0.2, 0) is 76.0 Å². The number of carbonyl (C=O) groups is 5. The number of hydrogen-bond donors (Lipinski definition) is 1. The Labute approximate surface area is 270 Å². The predicted molar refractivity (Wildman–Crippen MR) is 148 cm³/mol. The fourth-order valence-corrected chi connectivity index (χ4v) is 6.45. The minimum atomic E-state index is -2.29. The first kappa shape index (κ1) is 35.2. The maximum atomic E-state index is 13.5. The van der Waals surface area contributed by atoms with Crippen LogP contribution in [0.1, 0.15) is 54.9 Å². The Balaban J connectivity index is 1.47. The van der Waals surface area contributed by atoms with Gasteiger partial charge in [0.05, 0.1) is 26.2 Å². The molecule has 5 aliphatic heterocycles. The molecular formula is C29H41NO17.